The van der Waals surface area contributed by atoms with Crippen LogP contribution in [0.3, 0.4) is 0 Å². The second-order valence-corrected chi connectivity index (χ2v) is 3.20. The lowest BCUT2D eigenvalue weighted by Crippen LogP contribution is -2.31. The molecule has 1 aromatic rings. The summed E-state index contributed by atoms with van der Waals surface area (Å²) in [5.74, 6) is -2.28. The maximum atomic E-state index is 12.9. The number of rotatable bonds is 3. The minimum Gasteiger partial charge on any atom is -0.465 e. The highest BCUT2D eigenvalue weighted by atomic mass is 19.1. The molecule has 1 aromatic carbocycles. The molecule has 2 N–H and O–H groups in total. The fraction of sp³-hybridized carbons (Fsp3) is 0.200. The Labute approximate surface area is 89.9 Å². The predicted molar refractivity (Wildman–Crippen MR) is 50.9 cm³/mol. The number of carboxylic acid groups (broad SMARTS) is 1. The topological polar surface area (TPSA) is 66.4 Å². The molecule has 4 nitrogen and oxygen atoms in total. The van der Waals surface area contributed by atoms with E-state index in [-0.39, 0.29) is 5.56 Å². The number of halogens is 2. The third-order valence-corrected chi connectivity index (χ3v) is 1.89. The van der Waals surface area contributed by atoms with Crippen molar-refractivity contribution in [2.24, 2.45) is 0 Å². The van der Waals surface area contributed by atoms with Crippen molar-refractivity contribution in [1.29, 1.82) is 0 Å². The predicted octanol–water partition coefficient (Wildman–Crippen LogP) is 1.86. The number of hydrogen-bond donors (Lipinski definition) is 2. The molecule has 16 heavy (non-hydrogen) atoms. The molecule has 0 saturated heterocycles. The molecule has 1 unspecified atom stereocenters. The zero-order chi connectivity index (χ0) is 12.3. The van der Waals surface area contributed by atoms with Gasteiger partial charge in [0.1, 0.15) is 17.7 Å². The van der Waals surface area contributed by atoms with E-state index < -0.39 is 29.6 Å². The SMILES string of the molecule is CC(=O)C(NC(=O)O)c1cc(F)cc(F)c1. The van der Waals surface area contributed by atoms with Crippen molar-refractivity contribution in [3.05, 3.63) is 35.4 Å². The minimum absolute atomic E-state index is 0.0626. The van der Waals surface area contributed by atoms with Crippen molar-refractivity contribution in [2.75, 3.05) is 0 Å². The summed E-state index contributed by atoms with van der Waals surface area (Å²) in [6, 6.07) is 1.19. The molecule has 1 rings (SSSR count). The molecular formula is C10H9F2NO3. The van der Waals surface area contributed by atoms with Crippen LogP contribution in [-0.2, 0) is 4.79 Å². The van der Waals surface area contributed by atoms with Crippen LogP contribution in [-0.4, -0.2) is 17.0 Å². The van der Waals surface area contributed by atoms with Crippen LogP contribution in [0.1, 0.15) is 18.5 Å². The maximum Gasteiger partial charge on any atom is 0.405 e. The van der Waals surface area contributed by atoms with Crippen LogP contribution in [0.25, 0.3) is 0 Å². The monoisotopic (exact) mass is 229 g/mol. The van der Waals surface area contributed by atoms with Gasteiger partial charge in [0.2, 0.25) is 0 Å². The molecule has 0 heterocycles. The maximum absolute atomic E-state index is 12.9. The third-order valence-electron chi connectivity index (χ3n) is 1.89. The fourth-order valence-electron chi connectivity index (χ4n) is 1.28. The van der Waals surface area contributed by atoms with Gasteiger partial charge in [0.05, 0.1) is 0 Å². The van der Waals surface area contributed by atoms with Crippen LogP contribution < -0.4 is 5.32 Å². The highest BCUT2D eigenvalue weighted by molar-refractivity contribution is 5.86. The molecule has 1 atom stereocenters. The van der Waals surface area contributed by atoms with Crippen molar-refractivity contribution in [1.82, 2.24) is 5.32 Å². The molecule has 0 aliphatic rings. The molecule has 6 heteroatoms. The summed E-state index contributed by atoms with van der Waals surface area (Å²) in [6.45, 7) is 1.13. The Balaban J connectivity index is 3.10. The fourth-order valence-corrected chi connectivity index (χ4v) is 1.28. The van der Waals surface area contributed by atoms with Crippen LogP contribution in [0.2, 0.25) is 0 Å². The lowest BCUT2D eigenvalue weighted by Gasteiger charge is -2.14. The number of Topliss-reactive ketones (excluding diaryl/α,β-unsaturated/α-hetero) is 1. The third kappa shape index (κ3) is 3.01. The smallest absolute Gasteiger partial charge is 0.405 e. The molecule has 0 aliphatic carbocycles. The number of hydrogen-bond acceptors (Lipinski definition) is 2. The molecule has 0 radical (unpaired) electrons. The molecule has 0 fully saturated rings. The summed E-state index contributed by atoms with van der Waals surface area (Å²) in [5, 5.41) is 10.4. The number of carbonyl (C=O) groups is 2. The van der Waals surface area contributed by atoms with Gasteiger partial charge < -0.3 is 10.4 Å². The minimum atomic E-state index is -1.44. The van der Waals surface area contributed by atoms with E-state index in [4.69, 9.17) is 5.11 Å². The van der Waals surface area contributed by atoms with Gasteiger partial charge in [-0.25, -0.2) is 13.6 Å². The van der Waals surface area contributed by atoms with E-state index >= 15 is 0 Å². The largest absolute Gasteiger partial charge is 0.465 e. The Morgan fingerprint density at radius 3 is 2.12 bits per heavy atom. The average molecular weight is 229 g/mol. The number of benzene rings is 1. The Kier molecular flexibility index (Phi) is 3.55. The lowest BCUT2D eigenvalue weighted by molar-refractivity contribution is -0.119. The van der Waals surface area contributed by atoms with Crippen molar-refractivity contribution in [2.45, 2.75) is 13.0 Å². The van der Waals surface area contributed by atoms with E-state index in [9.17, 15) is 18.4 Å². The first-order chi connectivity index (χ1) is 7.40. The van der Waals surface area contributed by atoms with E-state index in [1.54, 1.807) is 0 Å². The van der Waals surface area contributed by atoms with E-state index in [0.717, 1.165) is 19.1 Å². The zero-order valence-electron chi connectivity index (χ0n) is 8.33. The average Bonchev–Trinajstić information content (AvgIpc) is 2.11. The van der Waals surface area contributed by atoms with Crippen LogP contribution in [0.5, 0.6) is 0 Å². The Bertz CT molecular complexity index is 414. The number of ketones is 1. The lowest BCUT2D eigenvalue weighted by atomic mass is 10.0. The quantitative estimate of drug-likeness (QED) is 0.831. The molecule has 0 aromatic heterocycles. The standard InChI is InChI=1S/C10H9F2NO3/c1-5(14)9(13-10(15)16)6-2-7(11)4-8(12)3-6/h2-4,9,13H,1H3,(H,15,16). The summed E-state index contributed by atoms with van der Waals surface area (Å²) < 4.78 is 25.7. The first kappa shape index (κ1) is 12.1. The molecule has 1 amide bonds. The van der Waals surface area contributed by atoms with E-state index in [1.807, 2.05) is 5.32 Å². The molecule has 0 spiro atoms. The van der Waals surface area contributed by atoms with Crippen molar-refractivity contribution < 1.29 is 23.5 Å². The summed E-state index contributed by atoms with van der Waals surface area (Å²) in [6.07, 6.45) is -1.44. The summed E-state index contributed by atoms with van der Waals surface area (Å²) in [5.41, 5.74) is -0.0626. The van der Waals surface area contributed by atoms with Gasteiger partial charge in [-0.2, -0.15) is 0 Å². The van der Waals surface area contributed by atoms with Crippen LogP contribution >= 0.6 is 0 Å². The van der Waals surface area contributed by atoms with Gasteiger partial charge in [-0.05, 0) is 24.6 Å². The van der Waals surface area contributed by atoms with Gasteiger partial charge in [-0.1, -0.05) is 0 Å². The summed E-state index contributed by atoms with van der Waals surface area (Å²) in [7, 11) is 0. The van der Waals surface area contributed by atoms with E-state index in [2.05, 4.69) is 0 Å². The molecule has 0 saturated carbocycles. The number of amides is 1. The molecule has 0 bridgehead atoms. The van der Waals surface area contributed by atoms with Gasteiger partial charge in [0.15, 0.2) is 5.78 Å². The number of nitrogens with one attached hydrogen (secondary N) is 1. The van der Waals surface area contributed by atoms with Crippen LogP contribution in [0.15, 0.2) is 18.2 Å². The van der Waals surface area contributed by atoms with Gasteiger partial charge in [-0.3, -0.25) is 4.79 Å². The Morgan fingerprint density at radius 2 is 1.75 bits per heavy atom. The van der Waals surface area contributed by atoms with Gasteiger partial charge in [-0.15, -0.1) is 0 Å². The first-order valence-corrected chi connectivity index (χ1v) is 4.36. The Hall–Kier alpha value is -1.98. The highest BCUT2D eigenvalue weighted by Crippen LogP contribution is 2.17. The van der Waals surface area contributed by atoms with Gasteiger partial charge in [0, 0.05) is 6.07 Å². The van der Waals surface area contributed by atoms with Crippen molar-refractivity contribution in [3.8, 4) is 0 Å². The van der Waals surface area contributed by atoms with Gasteiger partial charge in [0.25, 0.3) is 0 Å². The van der Waals surface area contributed by atoms with Crippen LogP contribution in [0, 0.1) is 11.6 Å². The Morgan fingerprint density at radius 1 is 1.25 bits per heavy atom. The summed E-state index contributed by atoms with van der Waals surface area (Å²) >= 11 is 0. The van der Waals surface area contributed by atoms with E-state index in [0.29, 0.717) is 6.07 Å². The van der Waals surface area contributed by atoms with Crippen molar-refractivity contribution >= 4 is 11.9 Å². The molecule has 0 aliphatic heterocycles. The molecule has 86 valence electrons. The number of carbonyl (C=O) groups excluding carboxylic acids is 1. The normalized spacial score (nSPS) is 11.9. The van der Waals surface area contributed by atoms with E-state index in [1.165, 1.54) is 0 Å². The zero-order valence-corrected chi connectivity index (χ0v) is 8.33. The second kappa shape index (κ2) is 4.69. The first-order valence-electron chi connectivity index (χ1n) is 4.36. The van der Waals surface area contributed by atoms with Crippen LogP contribution in [0.4, 0.5) is 13.6 Å². The van der Waals surface area contributed by atoms with Gasteiger partial charge >= 0.3 is 6.09 Å². The second-order valence-electron chi connectivity index (χ2n) is 3.20. The highest BCUT2D eigenvalue weighted by Gasteiger charge is 2.20. The summed E-state index contributed by atoms with van der Waals surface area (Å²) in [4.78, 5) is 21.5. The van der Waals surface area contributed by atoms with Crippen molar-refractivity contribution in [3.63, 3.8) is 0 Å². The molecular weight excluding hydrogens is 220 g/mol.